The van der Waals surface area contributed by atoms with Crippen molar-refractivity contribution in [1.82, 2.24) is 16.0 Å². The maximum absolute atomic E-state index is 12.8. The van der Waals surface area contributed by atoms with Crippen LogP contribution in [-0.2, 0) is 25.6 Å². The summed E-state index contributed by atoms with van der Waals surface area (Å²) in [4.78, 5) is 47.9. The average molecular weight is 392 g/mol. The molecule has 3 unspecified atom stereocenters. The molecule has 6 N–H and O–H groups in total. The molecule has 0 spiro atoms. The number of amides is 3. The van der Waals surface area contributed by atoms with E-state index in [1.54, 1.807) is 13.8 Å². The lowest BCUT2D eigenvalue weighted by molar-refractivity contribution is -0.142. The lowest BCUT2D eigenvalue weighted by atomic mass is 10.0. The number of rotatable bonds is 10. The first kappa shape index (κ1) is 23.1. The first-order chi connectivity index (χ1) is 13.1. The number of carbonyl (C=O) groups excluding carboxylic acids is 3. The van der Waals surface area contributed by atoms with Crippen LogP contribution in [-0.4, -0.2) is 53.5 Å². The van der Waals surface area contributed by atoms with Gasteiger partial charge in [-0.3, -0.25) is 19.2 Å². The molecule has 0 aliphatic carbocycles. The van der Waals surface area contributed by atoms with Crippen LogP contribution in [0.25, 0.3) is 0 Å². The number of nitrogens with two attached hydrogens (primary N) is 1. The van der Waals surface area contributed by atoms with Crippen molar-refractivity contribution in [1.29, 1.82) is 0 Å². The molecule has 0 bridgehead atoms. The zero-order valence-corrected chi connectivity index (χ0v) is 16.3. The second kappa shape index (κ2) is 11.0. The Balaban J connectivity index is 2.93. The van der Waals surface area contributed by atoms with Crippen LogP contribution in [0.2, 0.25) is 0 Å². The van der Waals surface area contributed by atoms with Gasteiger partial charge in [0.1, 0.15) is 18.1 Å². The maximum Gasteiger partial charge on any atom is 0.325 e. The zero-order valence-electron chi connectivity index (χ0n) is 16.3. The molecule has 154 valence electrons. The van der Waals surface area contributed by atoms with E-state index in [1.807, 2.05) is 30.3 Å². The minimum atomic E-state index is -1.18. The van der Waals surface area contributed by atoms with E-state index in [9.17, 15) is 19.2 Å². The summed E-state index contributed by atoms with van der Waals surface area (Å²) in [5.41, 5.74) is 6.16. The third-order valence-electron chi connectivity index (χ3n) is 4.10. The van der Waals surface area contributed by atoms with Crippen molar-refractivity contribution < 1.29 is 24.3 Å². The second-order valence-electron chi connectivity index (χ2n) is 6.81. The van der Waals surface area contributed by atoms with Crippen molar-refractivity contribution in [3.8, 4) is 0 Å². The summed E-state index contributed by atoms with van der Waals surface area (Å²) < 4.78 is 0. The van der Waals surface area contributed by atoms with E-state index in [0.717, 1.165) is 5.56 Å². The van der Waals surface area contributed by atoms with Crippen LogP contribution < -0.4 is 21.7 Å². The Morgan fingerprint density at radius 2 is 1.57 bits per heavy atom. The Hall–Kier alpha value is -2.94. The number of nitrogens with one attached hydrogen (secondary N) is 3. The van der Waals surface area contributed by atoms with E-state index >= 15 is 0 Å². The van der Waals surface area contributed by atoms with Crippen molar-refractivity contribution in [2.24, 2.45) is 11.7 Å². The predicted octanol–water partition coefficient (Wildman–Crippen LogP) is -0.597. The van der Waals surface area contributed by atoms with E-state index in [-0.39, 0.29) is 18.9 Å². The quantitative estimate of drug-likeness (QED) is 0.359. The molecule has 0 radical (unpaired) electrons. The Morgan fingerprint density at radius 3 is 2.07 bits per heavy atom. The summed E-state index contributed by atoms with van der Waals surface area (Å²) in [5, 5.41) is 16.5. The highest BCUT2D eigenvalue weighted by Gasteiger charge is 2.30. The Morgan fingerprint density at radius 1 is 0.964 bits per heavy atom. The van der Waals surface area contributed by atoms with E-state index < -0.39 is 41.8 Å². The Labute approximate surface area is 164 Å². The predicted molar refractivity (Wildman–Crippen MR) is 103 cm³/mol. The Bertz CT molecular complexity index is 693. The highest BCUT2D eigenvalue weighted by molar-refractivity contribution is 5.93. The van der Waals surface area contributed by atoms with E-state index in [4.69, 9.17) is 10.8 Å². The molecular formula is C19H28N4O5. The third kappa shape index (κ3) is 7.36. The second-order valence-corrected chi connectivity index (χ2v) is 6.81. The molecule has 3 atom stereocenters. The highest BCUT2D eigenvalue weighted by Crippen LogP contribution is 2.07. The van der Waals surface area contributed by atoms with Gasteiger partial charge in [0.05, 0.1) is 6.54 Å². The van der Waals surface area contributed by atoms with Crippen LogP contribution in [0, 0.1) is 5.92 Å². The summed E-state index contributed by atoms with van der Waals surface area (Å²) >= 11 is 0. The van der Waals surface area contributed by atoms with E-state index in [1.165, 1.54) is 6.92 Å². The molecule has 28 heavy (non-hydrogen) atoms. The van der Waals surface area contributed by atoms with Gasteiger partial charge in [0.15, 0.2) is 0 Å². The lowest BCUT2D eigenvalue weighted by Crippen LogP contribution is -2.57. The molecule has 0 aliphatic rings. The van der Waals surface area contributed by atoms with Crippen molar-refractivity contribution in [2.75, 3.05) is 6.54 Å². The topological polar surface area (TPSA) is 151 Å². The number of hydrogen-bond acceptors (Lipinski definition) is 5. The molecule has 3 amide bonds. The number of aliphatic carboxylic acids is 1. The monoisotopic (exact) mass is 392 g/mol. The zero-order chi connectivity index (χ0) is 21.3. The molecule has 0 saturated heterocycles. The highest BCUT2D eigenvalue weighted by atomic mass is 16.4. The van der Waals surface area contributed by atoms with Crippen molar-refractivity contribution in [2.45, 2.75) is 45.3 Å². The summed E-state index contributed by atoms with van der Waals surface area (Å²) in [6.45, 7) is 4.50. The maximum atomic E-state index is 12.8. The summed E-state index contributed by atoms with van der Waals surface area (Å²) in [5.74, 6) is -3.14. The van der Waals surface area contributed by atoms with Crippen LogP contribution >= 0.6 is 0 Å². The summed E-state index contributed by atoms with van der Waals surface area (Å²) in [7, 11) is 0. The molecule has 0 saturated carbocycles. The molecule has 1 aromatic rings. The molecule has 1 rings (SSSR count). The summed E-state index contributed by atoms with van der Waals surface area (Å²) in [6, 6.07) is 6.11. The number of benzene rings is 1. The van der Waals surface area contributed by atoms with Gasteiger partial charge in [-0.2, -0.15) is 0 Å². The first-order valence-corrected chi connectivity index (χ1v) is 9.02. The molecular weight excluding hydrogens is 364 g/mol. The van der Waals surface area contributed by atoms with Gasteiger partial charge in [0.2, 0.25) is 17.7 Å². The minimum absolute atomic E-state index is 0.219. The SMILES string of the molecule is CC(NC(=O)C(NC(=O)C(Cc1ccccc1)NC(=O)CN)C(C)C)C(=O)O. The van der Waals surface area contributed by atoms with Crippen LogP contribution in [0.4, 0.5) is 0 Å². The molecule has 0 aliphatic heterocycles. The standard InChI is InChI=1S/C19H28N4O5/c1-11(2)16(18(26)21-12(3)19(27)28)23-17(25)14(22-15(24)10-20)9-13-7-5-4-6-8-13/h4-8,11-12,14,16H,9-10,20H2,1-3H3,(H,21,26)(H,22,24)(H,23,25)(H,27,28). The largest absolute Gasteiger partial charge is 0.480 e. The van der Waals surface area contributed by atoms with Gasteiger partial charge in [-0.25, -0.2) is 0 Å². The summed E-state index contributed by atoms with van der Waals surface area (Å²) in [6.07, 6.45) is 0.219. The van der Waals surface area contributed by atoms with Gasteiger partial charge in [-0.15, -0.1) is 0 Å². The van der Waals surface area contributed by atoms with Gasteiger partial charge >= 0.3 is 5.97 Å². The Kier molecular flexibility index (Phi) is 9.10. The van der Waals surface area contributed by atoms with Gasteiger partial charge in [-0.05, 0) is 18.4 Å². The first-order valence-electron chi connectivity index (χ1n) is 9.02. The van der Waals surface area contributed by atoms with Crippen molar-refractivity contribution in [3.05, 3.63) is 35.9 Å². The van der Waals surface area contributed by atoms with E-state index in [2.05, 4.69) is 16.0 Å². The van der Waals surface area contributed by atoms with Crippen LogP contribution in [0.5, 0.6) is 0 Å². The van der Waals surface area contributed by atoms with E-state index in [0.29, 0.717) is 0 Å². The number of carboxylic acids is 1. The third-order valence-corrected chi connectivity index (χ3v) is 4.10. The number of hydrogen-bond donors (Lipinski definition) is 5. The van der Waals surface area contributed by atoms with Gasteiger partial charge in [-0.1, -0.05) is 44.2 Å². The molecule has 9 heteroatoms. The van der Waals surface area contributed by atoms with Crippen LogP contribution in [0.15, 0.2) is 30.3 Å². The molecule has 0 heterocycles. The number of carbonyl (C=O) groups is 4. The van der Waals surface area contributed by atoms with Crippen LogP contribution in [0.1, 0.15) is 26.3 Å². The number of carboxylic acid groups (broad SMARTS) is 1. The fraction of sp³-hybridized carbons (Fsp3) is 0.474. The molecule has 0 fully saturated rings. The molecule has 0 aromatic heterocycles. The van der Waals surface area contributed by atoms with Gasteiger partial charge in [0.25, 0.3) is 0 Å². The normalized spacial score (nSPS) is 13.9. The van der Waals surface area contributed by atoms with Gasteiger partial charge < -0.3 is 26.8 Å². The fourth-order valence-corrected chi connectivity index (χ4v) is 2.47. The minimum Gasteiger partial charge on any atom is -0.480 e. The van der Waals surface area contributed by atoms with Crippen molar-refractivity contribution in [3.63, 3.8) is 0 Å². The molecule has 9 nitrogen and oxygen atoms in total. The van der Waals surface area contributed by atoms with Crippen molar-refractivity contribution >= 4 is 23.7 Å². The van der Waals surface area contributed by atoms with Gasteiger partial charge in [0, 0.05) is 6.42 Å². The smallest absolute Gasteiger partial charge is 0.325 e. The van der Waals surface area contributed by atoms with Crippen LogP contribution in [0.3, 0.4) is 0 Å². The average Bonchev–Trinajstić information content (AvgIpc) is 2.65. The fourth-order valence-electron chi connectivity index (χ4n) is 2.47. The lowest BCUT2D eigenvalue weighted by Gasteiger charge is -2.26. The molecule has 1 aromatic carbocycles.